The molecule has 2 aliphatic rings. The minimum Gasteiger partial charge on any atom is -0.481 e. The number of rotatable bonds is 5. The highest BCUT2D eigenvalue weighted by atomic mass is 19.1. The van der Waals surface area contributed by atoms with Gasteiger partial charge < -0.3 is 19.5 Å². The number of benzene rings is 1. The lowest BCUT2D eigenvalue weighted by Gasteiger charge is -2.40. The molecule has 0 saturated carbocycles. The molecule has 1 aromatic carbocycles. The number of carbonyl (C=O) groups is 2. The van der Waals surface area contributed by atoms with Crippen molar-refractivity contribution >= 4 is 11.9 Å². The van der Waals surface area contributed by atoms with E-state index in [4.69, 9.17) is 9.47 Å². The third-order valence-corrected chi connectivity index (χ3v) is 5.51. The highest BCUT2D eigenvalue weighted by molar-refractivity contribution is 5.89. The molecule has 0 aromatic heterocycles. The summed E-state index contributed by atoms with van der Waals surface area (Å²) in [5, 5.41) is 9.21. The van der Waals surface area contributed by atoms with E-state index < -0.39 is 17.4 Å². The van der Waals surface area contributed by atoms with Gasteiger partial charge in [-0.25, -0.2) is 4.39 Å². The third-order valence-electron chi connectivity index (χ3n) is 5.51. The summed E-state index contributed by atoms with van der Waals surface area (Å²) in [6.07, 6.45) is 1.07. The van der Waals surface area contributed by atoms with Gasteiger partial charge >= 0.3 is 5.97 Å². The lowest BCUT2D eigenvalue weighted by Crippen LogP contribution is -2.52. The van der Waals surface area contributed by atoms with Crippen LogP contribution in [0.4, 0.5) is 4.39 Å². The Morgan fingerprint density at radius 1 is 1.38 bits per heavy atom. The van der Waals surface area contributed by atoms with E-state index in [0.717, 1.165) is 0 Å². The number of amides is 1. The first kappa shape index (κ1) is 18.8. The molecule has 7 heteroatoms. The van der Waals surface area contributed by atoms with Crippen molar-refractivity contribution in [2.45, 2.75) is 43.2 Å². The maximum Gasteiger partial charge on any atom is 0.305 e. The smallest absolute Gasteiger partial charge is 0.305 e. The highest BCUT2D eigenvalue weighted by Gasteiger charge is 2.48. The van der Waals surface area contributed by atoms with Crippen LogP contribution in [-0.2, 0) is 24.5 Å². The molecule has 0 aliphatic carbocycles. The number of carboxylic acids is 1. The molecule has 6 nitrogen and oxygen atoms in total. The summed E-state index contributed by atoms with van der Waals surface area (Å²) < 4.78 is 24.7. The normalized spacial score (nSPS) is 25.2. The molecule has 0 spiro atoms. The zero-order valence-corrected chi connectivity index (χ0v) is 14.8. The number of carboxylic acid groups (broad SMARTS) is 1. The number of halogens is 1. The largest absolute Gasteiger partial charge is 0.481 e. The Kier molecular flexibility index (Phi) is 5.58. The van der Waals surface area contributed by atoms with Crippen molar-refractivity contribution in [1.82, 2.24) is 4.90 Å². The van der Waals surface area contributed by atoms with Crippen molar-refractivity contribution in [3.05, 3.63) is 35.6 Å². The molecule has 0 radical (unpaired) electrons. The van der Waals surface area contributed by atoms with E-state index >= 15 is 0 Å². The highest BCUT2D eigenvalue weighted by Crippen LogP contribution is 2.39. The van der Waals surface area contributed by atoms with Crippen molar-refractivity contribution in [3.8, 4) is 0 Å². The first-order chi connectivity index (χ1) is 12.5. The lowest BCUT2D eigenvalue weighted by molar-refractivity contribution is -0.145. The van der Waals surface area contributed by atoms with E-state index in [0.29, 0.717) is 44.6 Å². The van der Waals surface area contributed by atoms with Crippen LogP contribution in [0.25, 0.3) is 0 Å². The van der Waals surface area contributed by atoms with Crippen molar-refractivity contribution in [2.75, 3.05) is 26.9 Å². The molecule has 1 aromatic rings. The fraction of sp³-hybridized carbons (Fsp3) is 0.579. The summed E-state index contributed by atoms with van der Waals surface area (Å²) in [7, 11) is 1.56. The van der Waals surface area contributed by atoms with Crippen LogP contribution in [0.5, 0.6) is 0 Å². The van der Waals surface area contributed by atoms with E-state index in [1.807, 2.05) is 0 Å². The molecule has 2 saturated heterocycles. The monoisotopic (exact) mass is 365 g/mol. The van der Waals surface area contributed by atoms with Crippen molar-refractivity contribution in [3.63, 3.8) is 0 Å². The minimum atomic E-state index is -0.948. The van der Waals surface area contributed by atoms with Crippen LogP contribution in [0.2, 0.25) is 0 Å². The van der Waals surface area contributed by atoms with Crippen LogP contribution in [0.1, 0.15) is 31.2 Å². The zero-order chi connectivity index (χ0) is 18.7. The first-order valence-electron chi connectivity index (χ1n) is 8.86. The van der Waals surface area contributed by atoms with Gasteiger partial charge in [0.15, 0.2) is 0 Å². The lowest BCUT2D eigenvalue weighted by atomic mass is 9.72. The summed E-state index contributed by atoms with van der Waals surface area (Å²) in [5.41, 5.74) is -0.263. The van der Waals surface area contributed by atoms with Crippen LogP contribution in [0.3, 0.4) is 0 Å². The Morgan fingerprint density at radius 3 is 2.73 bits per heavy atom. The fourth-order valence-electron chi connectivity index (χ4n) is 4.10. The summed E-state index contributed by atoms with van der Waals surface area (Å²) in [5.74, 6) is -1.49. The number of nitrogens with zero attached hydrogens (tertiary/aromatic N) is 1. The molecule has 2 heterocycles. The molecule has 1 N–H and O–H groups in total. The Labute approximate surface area is 151 Å². The van der Waals surface area contributed by atoms with Gasteiger partial charge in [0, 0.05) is 32.9 Å². The van der Waals surface area contributed by atoms with Crippen LogP contribution < -0.4 is 0 Å². The number of carbonyl (C=O) groups excluding carboxylic acids is 1. The molecular weight excluding hydrogens is 341 g/mol. The first-order valence-corrected chi connectivity index (χ1v) is 8.86. The molecule has 2 atom stereocenters. The number of hydrogen-bond donors (Lipinski definition) is 1. The van der Waals surface area contributed by atoms with Crippen LogP contribution in [-0.4, -0.2) is 60.9 Å². The van der Waals surface area contributed by atoms with Crippen molar-refractivity contribution < 1.29 is 28.6 Å². The van der Waals surface area contributed by atoms with Gasteiger partial charge in [0.1, 0.15) is 5.82 Å². The number of methoxy groups -OCH3 is 1. The zero-order valence-electron chi connectivity index (χ0n) is 14.8. The van der Waals surface area contributed by atoms with E-state index in [-0.39, 0.29) is 24.2 Å². The molecule has 26 heavy (non-hydrogen) atoms. The SMILES string of the molecule is COC1CC(CC(=O)O)N(C(=O)C2(c3cccc(F)c3)CCOCC2)C1. The van der Waals surface area contributed by atoms with E-state index in [1.165, 1.54) is 12.1 Å². The standard InChI is InChI=1S/C19H24FNO5/c1-25-16-10-15(11-17(22)23)21(12-16)18(24)19(5-7-26-8-6-19)13-3-2-4-14(20)9-13/h2-4,9,15-16H,5-8,10-12H2,1H3,(H,22,23). The maximum atomic E-state index is 13.8. The van der Waals surface area contributed by atoms with E-state index in [2.05, 4.69) is 0 Å². The molecule has 1 amide bonds. The number of hydrogen-bond acceptors (Lipinski definition) is 4. The van der Waals surface area contributed by atoms with E-state index in [1.54, 1.807) is 24.1 Å². The maximum absolute atomic E-state index is 13.8. The van der Waals surface area contributed by atoms with Gasteiger partial charge in [0.05, 0.1) is 17.9 Å². The quantitative estimate of drug-likeness (QED) is 0.863. The summed E-state index contributed by atoms with van der Waals surface area (Å²) in [6.45, 7) is 1.17. The minimum absolute atomic E-state index is 0.124. The molecule has 2 unspecified atom stereocenters. The summed E-state index contributed by atoms with van der Waals surface area (Å²) >= 11 is 0. The van der Waals surface area contributed by atoms with Crippen LogP contribution in [0, 0.1) is 5.82 Å². The molecule has 2 aliphatic heterocycles. The van der Waals surface area contributed by atoms with Crippen molar-refractivity contribution in [2.24, 2.45) is 0 Å². The Bertz CT molecular complexity index is 674. The Balaban J connectivity index is 1.95. The Morgan fingerprint density at radius 2 is 2.12 bits per heavy atom. The molecular formula is C19H24FNO5. The molecule has 0 bridgehead atoms. The third kappa shape index (κ3) is 3.59. The van der Waals surface area contributed by atoms with Gasteiger partial charge in [-0.3, -0.25) is 9.59 Å². The number of likely N-dealkylation sites (tertiary alicyclic amines) is 1. The van der Waals surface area contributed by atoms with Gasteiger partial charge in [0.2, 0.25) is 5.91 Å². The number of ether oxygens (including phenoxy) is 2. The second-order valence-corrected chi connectivity index (χ2v) is 7.01. The van der Waals surface area contributed by atoms with Crippen LogP contribution in [0.15, 0.2) is 24.3 Å². The average molecular weight is 365 g/mol. The molecule has 2 fully saturated rings. The Hall–Kier alpha value is -1.99. The van der Waals surface area contributed by atoms with Gasteiger partial charge in [-0.1, -0.05) is 12.1 Å². The predicted octanol–water partition coefficient (Wildman–Crippen LogP) is 1.96. The summed E-state index contributed by atoms with van der Waals surface area (Å²) in [4.78, 5) is 26.5. The second-order valence-electron chi connectivity index (χ2n) is 7.01. The topological polar surface area (TPSA) is 76.1 Å². The van der Waals surface area contributed by atoms with Gasteiger partial charge in [-0.05, 0) is 37.0 Å². The fourth-order valence-corrected chi connectivity index (χ4v) is 4.10. The number of aliphatic carboxylic acids is 1. The molecule has 3 rings (SSSR count). The predicted molar refractivity (Wildman–Crippen MR) is 91.3 cm³/mol. The second kappa shape index (κ2) is 7.72. The van der Waals surface area contributed by atoms with Gasteiger partial charge in [-0.15, -0.1) is 0 Å². The van der Waals surface area contributed by atoms with Crippen LogP contribution >= 0.6 is 0 Å². The summed E-state index contributed by atoms with van der Waals surface area (Å²) in [6, 6.07) is 5.71. The average Bonchev–Trinajstić information content (AvgIpc) is 3.03. The van der Waals surface area contributed by atoms with Crippen molar-refractivity contribution in [1.29, 1.82) is 0 Å². The van der Waals surface area contributed by atoms with E-state index in [9.17, 15) is 19.1 Å². The van der Waals surface area contributed by atoms with Gasteiger partial charge in [0.25, 0.3) is 0 Å². The van der Waals surface area contributed by atoms with Gasteiger partial charge in [-0.2, -0.15) is 0 Å². The molecule has 142 valence electrons.